The highest BCUT2D eigenvalue weighted by Crippen LogP contribution is 2.30. The van der Waals surface area contributed by atoms with E-state index in [0.717, 1.165) is 14.4 Å². The lowest BCUT2D eigenvalue weighted by atomic mass is 10.4. The number of rotatable bonds is 3. The van der Waals surface area contributed by atoms with Gasteiger partial charge in [-0.3, -0.25) is 9.71 Å². The first-order valence-corrected chi connectivity index (χ1v) is 8.19. The lowest BCUT2D eigenvalue weighted by Gasteiger charge is -2.07. The van der Waals surface area contributed by atoms with Crippen LogP contribution in [0.25, 0.3) is 0 Å². The lowest BCUT2D eigenvalue weighted by Crippen LogP contribution is -2.13. The number of sulfonamides is 1. The largest absolute Gasteiger partial charge is 0.278 e. The predicted octanol–water partition coefficient (Wildman–Crippen LogP) is 3.32. The summed E-state index contributed by atoms with van der Waals surface area (Å²) in [5, 5.41) is 0. The number of nitrogens with zero attached hydrogens (tertiary/aromatic N) is 1. The van der Waals surface area contributed by atoms with Crippen molar-refractivity contribution in [2.24, 2.45) is 0 Å². The van der Waals surface area contributed by atoms with Crippen LogP contribution in [0.1, 0.15) is 10.6 Å². The van der Waals surface area contributed by atoms with Gasteiger partial charge in [0.15, 0.2) is 0 Å². The number of aryl methyl sites for hydroxylation is 2. The van der Waals surface area contributed by atoms with Gasteiger partial charge in [-0.15, -0.1) is 11.3 Å². The SMILES string of the molecule is Cc1ccc(NS(=O)(=O)c2cc(Br)sc2C)cn1. The molecule has 0 saturated heterocycles. The van der Waals surface area contributed by atoms with Gasteiger partial charge in [0.05, 0.1) is 15.7 Å². The fourth-order valence-electron chi connectivity index (χ4n) is 1.44. The molecule has 0 radical (unpaired) electrons. The van der Waals surface area contributed by atoms with Gasteiger partial charge in [0.1, 0.15) is 4.90 Å². The van der Waals surface area contributed by atoms with Crippen LogP contribution in [-0.4, -0.2) is 13.4 Å². The van der Waals surface area contributed by atoms with Gasteiger partial charge >= 0.3 is 0 Å². The molecule has 0 aliphatic rings. The van der Waals surface area contributed by atoms with Gasteiger partial charge in [-0.2, -0.15) is 0 Å². The molecular formula is C11H11BrN2O2S2. The van der Waals surface area contributed by atoms with Crippen molar-refractivity contribution < 1.29 is 8.42 Å². The highest BCUT2D eigenvalue weighted by molar-refractivity contribution is 9.11. The molecule has 0 atom stereocenters. The zero-order chi connectivity index (χ0) is 13.3. The monoisotopic (exact) mass is 346 g/mol. The Bertz CT molecular complexity index is 663. The smallest absolute Gasteiger partial charge is 0.263 e. The summed E-state index contributed by atoms with van der Waals surface area (Å²) in [5.74, 6) is 0. The summed E-state index contributed by atoms with van der Waals surface area (Å²) >= 11 is 4.68. The van der Waals surface area contributed by atoms with Crippen LogP contribution < -0.4 is 4.72 Å². The number of hydrogen-bond donors (Lipinski definition) is 1. The number of thiophene rings is 1. The molecule has 96 valence electrons. The Morgan fingerprint density at radius 1 is 1.33 bits per heavy atom. The summed E-state index contributed by atoms with van der Waals surface area (Å²) in [7, 11) is -3.55. The molecule has 0 bridgehead atoms. The molecule has 0 spiro atoms. The van der Waals surface area contributed by atoms with Crippen molar-refractivity contribution in [3.63, 3.8) is 0 Å². The summed E-state index contributed by atoms with van der Waals surface area (Å²) in [6.07, 6.45) is 1.50. The van der Waals surface area contributed by atoms with E-state index < -0.39 is 10.0 Å². The summed E-state index contributed by atoms with van der Waals surface area (Å²) in [6.45, 7) is 3.62. The molecule has 4 nitrogen and oxygen atoms in total. The van der Waals surface area contributed by atoms with Gasteiger partial charge < -0.3 is 0 Å². The number of hydrogen-bond acceptors (Lipinski definition) is 4. The van der Waals surface area contributed by atoms with E-state index in [0.29, 0.717) is 10.6 Å². The predicted molar refractivity (Wildman–Crippen MR) is 76.5 cm³/mol. The van der Waals surface area contributed by atoms with Crippen LogP contribution in [0.2, 0.25) is 0 Å². The van der Waals surface area contributed by atoms with E-state index in [4.69, 9.17) is 0 Å². The van der Waals surface area contributed by atoms with Crippen LogP contribution in [0, 0.1) is 13.8 Å². The summed E-state index contributed by atoms with van der Waals surface area (Å²) < 4.78 is 27.6. The molecular weight excluding hydrogens is 336 g/mol. The van der Waals surface area contributed by atoms with Gasteiger partial charge in [-0.1, -0.05) is 0 Å². The topological polar surface area (TPSA) is 59.1 Å². The molecule has 1 N–H and O–H groups in total. The highest BCUT2D eigenvalue weighted by Gasteiger charge is 2.19. The molecule has 2 aromatic heterocycles. The molecule has 0 fully saturated rings. The van der Waals surface area contributed by atoms with Crippen molar-refractivity contribution in [1.29, 1.82) is 0 Å². The maximum Gasteiger partial charge on any atom is 0.263 e. The molecule has 0 unspecified atom stereocenters. The van der Waals surface area contributed by atoms with E-state index in [1.165, 1.54) is 17.5 Å². The van der Waals surface area contributed by atoms with E-state index in [1.807, 2.05) is 6.92 Å². The Morgan fingerprint density at radius 2 is 2.06 bits per heavy atom. The van der Waals surface area contributed by atoms with Crippen LogP contribution in [0.5, 0.6) is 0 Å². The summed E-state index contributed by atoms with van der Waals surface area (Å²) in [5.41, 5.74) is 1.30. The standard InChI is InChI=1S/C11H11BrN2O2S2/c1-7-3-4-9(6-13-7)14-18(15,16)10-5-11(12)17-8(10)2/h3-6,14H,1-2H3. The minimum Gasteiger partial charge on any atom is -0.278 e. The number of aromatic nitrogens is 1. The van der Waals surface area contributed by atoms with Gasteiger partial charge in [0.2, 0.25) is 0 Å². The van der Waals surface area contributed by atoms with Crippen LogP contribution in [0.3, 0.4) is 0 Å². The number of pyridine rings is 1. The molecule has 7 heteroatoms. The number of anilines is 1. The second kappa shape index (κ2) is 4.99. The summed E-state index contributed by atoms with van der Waals surface area (Å²) in [4.78, 5) is 5.09. The van der Waals surface area contributed by atoms with Crippen molar-refractivity contribution in [1.82, 2.24) is 4.98 Å². The minimum absolute atomic E-state index is 0.292. The van der Waals surface area contributed by atoms with Gasteiger partial charge in [0.25, 0.3) is 10.0 Å². The van der Waals surface area contributed by atoms with E-state index in [2.05, 4.69) is 25.6 Å². The van der Waals surface area contributed by atoms with Crippen molar-refractivity contribution in [3.05, 3.63) is 38.8 Å². The Labute approximate surface area is 118 Å². The van der Waals surface area contributed by atoms with Gasteiger partial charge in [-0.05, 0) is 48.0 Å². The van der Waals surface area contributed by atoms with E-state index in [-0.39, 0.29) is 0 Å². The van der Waals surface area contributed by atoms with Crippen LogP contribution in [0.4, 0.5) is 5.69 Å². The zero-order valence-electron chi connectivity index (χ0n) is 9.77. The first-order chi connectivity index (χ1) is 8.38. The molecule has 0 aliphatic carbocycles. The average Bonchev–Trinajstić information content (AvgIpc) is 2.62. The van der Waals surface area contributed by atoms with Crippen LogP contribution >= 0.6 is 27.3 Å². The average molecular weight is 347 g/mol. The van der Waals surface area contributed by atoms with Crippen LogP contribution in [0.15, 0.2) is 33.1 Å². The number of halogens is 1. The Kier molecular flexibility index (Phi) is 3.74. The second-order valence-electron chi connectivity index (χ2n) is 3.76. The van der Waals surface area contributed by atoms with Crippen molar-refractivity contribution in [3.8, 4) is 0 Å². The maximum absolute atomic E-state index is 12.2. The molecule has 0 saturated carbocycles. The van der Waals surface area contributed by atoms with Crippen molar-refractivity contribution in [2.45, 2.75) is 18.7 Å². The Balaban J connectivity index is 2.33. The van der Waals surface area contributed by atoms with Crippen molar-refractivity contribution in [2.75, 3.05) is 4.72 Å². The highest BCUT2D eigenvalue weighted by atomic mass is 79.9. The zero-order valence-corrected chi connectivity index (χ0v) is 13.0. The Hall–Kier alpha value is -0.920. The maximum atomic E-state index is 12.2. The molecule has 0 aromatic carbocycles. The van der Waals surface area contributed by atoms with Gasteiger partial charge in [0, 0.05) is 10.6 Å². The first-order valence-electron chi connectivity index (χ1n) is 5.10. The third-order valence-electron chi connectivity index (χ3n) is 2.30. The second-order valence-corrected chi connectivity index (χ2v) is 8.05. The molecule has 0 aliphatic heterocycles. The molecule has 0 amide bonds. The normalized spacial score (nSPS) is 11.5. The molecule has 18 heavy (non-hydrogen) atoms. The van der Waals surface area contributed by atoms with Crippen molar-refractivity contribution >= 4 is 43.0 Å². The van der Waals surface area contributed by atoms with E-state index in [1.54, 1.807) is 25.1 Å². The molecule has 2 aromatic rings. The quantitative estimate of drug-likeness (QED) is 0.927. The third-order valence-corrected chi connectivity index (χ3v) is 5.49. The summed E-state index contributed by atoms with van der Waals surface area (Å²) in [6, 6.07) is 5.05. The van der Waals surface area contributed by atoms with E-state index in [9.17, 15) is 8.42 Å². The lowest BCUT2D eigenvalue weighted by molar-refractivity contribution is 0.601. The fourth-order valence-corrected chi connectivity index (χ4v) is 4.89. The number of nitrogens with one attached hydrogen (secondary N) is 1. The molecule has 2 rings (SSSR count). The minimum atomic E-state index is -3.55. The first kappa shape index (κ1) is 13.5. The third kappa shape index (κ3) is 2.90. The van der Waals surface area contributed by atoms with Gasteiger partial charge in [-0.25, -0.2) is 8.42 Å². The van der Waals surface area contributed by atoms with E-state index >= 15 is 0 Å². The van der Waals surface area contributed by atoms with Crippen LogP contribution in [-0.2, 0) is 10.0 Å². The molecule has 2 heterocycles. The Morgan fingerprint density at radius 3 is 2.56 bits per heavy atom. The fraction of sp³-hybridized carbons (Fsp3) is 0.182.